The van der Waals surface area contributed by atoms with E-state index < -0.39 is 0 Å². The molecule has 0 radical (unpaired) electrons. The van der Waals surface area contributed by atoms with E-state index in [1.165, 1.54) is 11.1 Å². The van der Waals surface area contributed by atoms with Gasteiger partial charge < -0.3 is 13.9 Å². The number of nitrogens with zero attached hydrogens (tertiary/aromatic N) is 3. The fourth-order valence-electron chi connectivity index (χ4n) is 9.09. The van der Waals surface area contributed by atoms with Gasteiger partial charge in [-0.05, 0) is 83.1 Å². The summed E-state index contributed by atoms with van der Waals surface area (Å²) in [4.78, 5) is 15.2. The van der Waals surface area contributed by atoms with E-state index in [-0.39, 0.29) is 5.41 Å². The lowest BCUT2D eigenvalue weighted by Gasteiger charge is -2.32. The van der Waals surface area contributed by atoms with Gasteiger partial charge in [-0.1, -0.05) is 141 Å². The Balaban J connectivity index is 1.00. The molecule has 0 N–H and O–H groups in total. The highest BCUT2D eigenvalue weighted by Crippen LogP contribution is 2.61. The molecule has 1 aliphatic carbocycles. The van der Waals surface area contributed by atoms with Crippen LogP contribution in [0.25, 0.3) is 78.4 Å². The molecular weight excluding hydrogens is 727 g/mol. The third-order valence-electron chi connectivity index (χ3n) is 11.8. The smallest absolute Gasteiger partial charge is 0.178 e. The summed E-state index contributed by atoms with van der Waals surface area (Å²) in [5, 5.41) is 2.12. The molecular formula is C53H37N3O3. The number of allylic oxidation sites excluding steroid dienone is 3. The first-order valence-electron chi connectivity index (χ1n) is 20.0. The summed E-state index contributed by atoms with van der Waals surface area (Å²) in [6, 6.07) is 51.4. The van der Waals surface area contributed by atoms with Crippen molar-refractivity contribution in [2.75, 3.05) is 0 Å². The van der Waals surface area contributed by atoms with Crippen LogP contribution in [0, 0.1) is 0 Å². The second-order valence-corrected chi connectivity index (χ2v) is 15.0. The van der Waals surface area contributed by atoms with Crippen LogP contribution in [-0.2, 0) is 5.41 Å². The summed E-state index contributed by atoms with van der Waals surface area (Å²) in [6.45, 7) is 8.83. The van der Waals surface area contributed by atoms with Gasteiger partial charge in [0.1, 0.15) is 11.2 Å². The zero-order valence-corrected chi connectivity index (χ0v) is 32.6. The molecule has 0 bridgehead atoms. The van der Waals surface area contributed by atoms with Gasteiger partial charge in [0.2, 0.25) is 0 Å². The van der Waals surface area contributed by atoms with Gasteiger partial charge in [0, 0.05) is 38.4 Å². The Hall–Kier alpha value is -7.57. The number of furan rings is 1. The molecule has 6 nitrogen and oxygen atoms in total. The van der Waals surface area contributed by atoms with Crippen molar-refractivity contribution in [1.82, 2.24) is 15.0 Å². The molecule has 1 aliphatic heterocycles. The molecule has 7 aromatic carbocycles. The summed E-state index contributed by atoms with van der Waals surface area (Å²) in [5.74, 6) is 4.39. The SMILES string of the molecule is C=C(/C=C\C)C1(CC)c2ccccc2-c2c1ccc1c2Oc2ccc(-c3ccccc3-c3nc(-c4ccccc4)nc(-c4ccc5c(c4)oc4ccccc45)n3)cc2O1. The van der Waals surface area contributed by atoms with Gasteiger partial charge in [-0.15, -0.1) is 0 Å². The fourth-order valence-corrected chi connectivity index (χ4v) is 9.09. The Kier molecular flexibility index (Phi) is 7.95. The fraction of sp³-hybridized carbons (Fsp3) is 0.0755. The number of benzene rings is 7. The van der Waals surface area contributed by atoms with Crippen molar-refractivity contribution in [3.8, 4) is 79.4 Å². The highest BCUT2D eigenvalue weighted by Gasteiger charge is 2.45. The number of aromatic nitrogens is 3. The molecule has 1 unspecified atom stereocenters. The van der Waals surface area contributed by atoms with Crippen LogP contribution >= 0.6 is 0 Å². The average Bonchev–Trinajstić information content (AvgIpc) is 3.82. The third-order valence-corrected chi connectivity index (χ3v) is 11.8. The van der Waals surface area contributed by atoms with Crippen LogP contribution in [0.3, 0.4) is 0 Å². The quantitative estimate of drug-likeness (QED) is 0.151. The Morgan fingerprint density at radius 2 is 1.24 bits per heavy atom. The number of fused-ring (bicyclic) bond motifs is 9. The maximum Gasteiger partial charge on any atom is 0.178 e. The summed E-state index contributed by atoms with van der Waals surface area (Å²) in [6.07, 6.45) is 5.06. The van der Waals surface area contributed by atoms with Crippen LogP contribution in [0.4, 0.5) is 0 Å². The predicted octanol–water partition coefficient (Wildman–Crippen LogP) is 14.1. The lowest BCUT2D eigenvalue weighted by molar-refractivity contribution is 0.360. The number of rotatable bonds is 7. The van der Waals surface area contributed by atoms with Crippen LogP contribution in [-0.4, -0.2) is 15.0 Å². The topological polar surface area (TPSA) is 70.3 Å². The van der Waals surface area contributed by atoms with Crippen molar-refractivity contribution in [3.63, 3.8) is 0 Å². The van der Waals surface area contributed by atoms with Gasteiger partial charge in [-0.2, -0.15) is 0 Å². The summed E-state index contributed by atoms with van der Waals surface area (Å²) < 4.78 is 19.8. The monoisotopic (exact) mass is 763 g/mol. The molecule has 6 heteroatoms. The lowest BCUT2D eigenvalue weighted by atomic mass is 9.70. The van der Waals surface area contributed by atoms with E-state index in [1.807, 2.05) is 91.9 Å². The van der Waals surface area contributed by atoms with Gasteiger partial charge in [0.15, 0.2) is 40.5 Å². The van der Waals surface area contributed by atoms with Gasteiger partial charge in [-0.25, -0.2) is 15.0 Å². The molecule has 0 amide bonds. The highest BCUT2D eigenvalue weighted by atomic mass is 16.6. The van der Waals surface area contributed by atoms with E-state index in [2.05, 4.69) is 92.4 Å². The Bertz CT molecular complexity index is 3200. The van der Waals surface area contributed by atoms with Gasteiger partial charge in [-0.3, -0.25) is 0 Å². The van der Waals surface area contributed by atoms with Crippen LogP contribution in [0.2, 0.25) is 0 Å². The molecule has 3 heterocycles. The van der Waals surface area contributed by atoms with Gasteiger partial charge in [0.05, 0.1) is 0 Å². The van der Waals surface area contributed by atoms with Crippen molar-refractivity contribution in [2.45, 2.75) is 25.7 Å². The van der Waals surface area contributed by atoms with E-state index in [0.29, 0.717) is 34.7 Å². The standard InChI is InChI=1S/C53H37N3O3/c1-4-15-32(3)53(5-2)41-22-13-11-21-40(41)48-42(53)27-29-45-49(48)59-44-28-25-34(30-47(44)58-45)36-18-9-10-20-39(36)52-55-50(33-16-7-6-8-17-33)54-51(56-52)35-24-26-38-37-19-12-14-23-43(37)57-46(38)31-35/h4,6-31H,3,5H2,1-2H3/b15-4-. The molecule has 282 valence electrons. The third kappa shape index (κ3) is 5.37. The molecule has 9 aromatic rings. The summed E-state index contributed by atoms with van der Waals surface area (Å²) in [7, 11) is 0. The lowest BCUT2D eigenvalue weighted by Crippen LogP contribution is -2.25. The normalized spacial score (nSPS) is 15.0. The number of para-hydroxylation sites is 1. The minimum Gasteiger partial charge on any atom is -0.456 e. The van der Waals surface area contributed by atoms with Gasteiger partial charge in [0.25, 0.3) is 0 Å². The molecule has 59 heavy (non-hydrogen) atoms. The van der Waals surface area contributed by atoms with Crippen LogP contribution in [0.15, 0.2) is 180 Å². The van der Waals surface area contributed by atoms with E-state index in [9.17, 15) is 0 Å². The maximum atomic E-state index is 6.83. The molecule has 0 saturated carbocycles. The first kappa shape index (κ1) is 34.7. The van der Waals surface area contributed by atoms with E-state index in [0.717, 1.165) is 78.6 Å². The molecule has 0 spiro atoms. The summed E-state index contributed by atoms with van der Waals surface area (Å²) >= 11 is 0. The molecule has 11 rings (SSSR count). The number of ether oxygens (including phenoxy) is 2. The largest absolute Gasteiger partial charge is 0.456 e. The Morgan fingerprint density at radius 1 is 0.559 bits per heavy atom. The second-order valence-electron chi connectivity index (χ2n) is 15.0. The minimum absolute atomic E-state index is 0.361. The van der Waals surface area contributed by atoms with E-state index in [1.54, 1.807) is 0 Å². The summed E-state index contributed by atoms with van der Waals surface area (Å²) in [5.41, 5.74) is 11.4. The highest BCUT2D eigenvalue weighted by molar-refractivity contribution is 6.05. The zero-order chi connectivity index (χ0) is 39.7. The maximum absolute atomic E-state index is 6.83. The van der Waals surface area contributed by atoms with Crippen molar-refractivity contribution in [3.05, 3.63) is 187 Å². The Morgan fingerprint density at radius 3 is 2.07 bits per heavy atom. The molecule has 2 aliphatic rings. The molecule has 1 atom stereocenters. The van der Waals surface area contributed by atoms with E-state index >= 15 is 0 Å². The van der Waals surface area contributed by atoms with Crippen molar-refractivity contribution < 1.29 is 13.9 Å². The number of hydrogen-bond donors (Lipinski definition) is 0. The predicted molar refractivity (Wildman–Crippen MR) is 236 cm³/mol. The van der Waals surface area contributed by atoms with Crippen molar-refractivity contribution in [2.24, 2.45) is 0 Å². The first-order valence-corrected chi connectivity index (χ1v) is 20.0. The van der Waals surface area contributed by atoms with Crippen molar-refractivity contribution >= 4 is 21.9 Å². The molecule has 0 saturated heterocycles. The van der Waals surface area contributed by atoms with Crippen LogP contribution in [0.1, 0.15) is 31.4 Å². The second kappa shape index (κ2) is 13.5. The molecule has 0 fully saturated rings. The first-order chi connectivity index (χ1) is 29.0. The number of hydrogen-bond acceptors (Lipinski definition) is 6. The zero-order valence-electron chi connectivity index (χ0n) is 32.6. The average molecular weight is 764 g/mol. The van der Waals surface area contributed by atoms with Crippen LogP contribution in [0.5, 0.6) is 23.0 Å². The van der Waals surface area contributed by atoms with Crippen LogP contribution < -0.4 is 9.47 Å². The Labute approximate surface area is 341 Å². The van der Waals surface area contributed by atoms with Crippen molar-refractivity contribution in [1.29, 1.82) is 0 Å². The minimum atomic E-state index is -0.361. The van der Waals surface area contributed by atoms with E-state index in [4.69, 9.17) is 28.8 Å². The van der Waals surface area contributed by atoms with Gasteiger partial charge >= 0.3 is 0 Å². The molecule has 2 aromatic heterocycles.